The minimum atomic E-state index is -2.25. The van der Waals surface area contributed by atoms with Gasteiger partial charge in [-0.1, -0.05) is 0 Å². The van der Waals surface area contributed by atoms with Gasteiger partial charge in [0.25, 0.3) is 0 Å². The summed E-state index contributed by atoms with van der Waals surface area (Å²) in [6.45, 7) is 0. The monoisotopic (exact) mass is 408 g/mol. The fourth-order valence-electron chi connectivity index (χ4n) is 1.66. The maximum Gasteiger partial charge on any atom is 0.176 e. The minimum Gasteiger partial charge on any atom is -0.203 e. The molecule has 0 spiro atoms. The van der Waals surface area contributed by atoms with E-state index in [2.05, 4.69) is 28.6 Å². The molecule has 22 heavy (non-hydrogen) atoms. The zero-order valence-corrected chi connectivity index (χ0v) is 12.3. The van der Waals surface area contributed by atoms with E-state index in [1.54, 1.807) is 0 Å². The quantitative estimate of drug-likeness (QED) is 0.273. The number of halogens is 9. The molecule has 0 aliphatic heterocycles. The average molecular weight is 409 g/mol. The topological polar surface area (TPSA) is 0 Å². The Balaban J connectivity index is 3.03. The number of rotatable bonds is 1. The summed E-state index contributed by atoms with van der Waals surface area (Å²) in [6.07, 6.45) is 0. The molecule has 2 rings (SSSR count). The molecule has 10 heteroatoms. The van der Waals surface area contributed by atoms with E-state index < -0.39 is 67.0 Å². The van der Waals surface area contributed by atoms with Crippen molar-refractivity contribution in [2.24, 2.45) is 0 Å². The van der Waals surface area contributed by atoms with Crippen LogP contribution in [0.1, 0.15) is 0 Å². The second kappa shape index (κ2) is 5.73. The molecule has 2 aromatic rings. The molecule has 0 N–H and O–H groups in total. The van der Waals surface area contributed by atoms with Crippen molar-refractivity contribution in [2.45, 2.75) is 4.90 Å². The molecule has 0 aliphatic carbocycles. The molecule has 0 fully saturated rings. The largest absolute Gasteiger partial charge is 0.203 e. The summed E-state index contributed by atoms with van der Waals surface area (Å²) >= 11 is 5.33. The van der Waals surface area contributed by atoms with Gasteiger partial charge in [0.15, 0.2) is 46.5 Å². The standard InChI is InChI=1S/C12HBrF8S/c13-3-8(18)4(14)1(5(15)9(3)19)2-6(16)10(20)12(22)11(21)7(2)17/h22H. The molecule has 0 aromatic heterocycles. The second-order valence-electron chi connectivity index (χ2n) is 3.92. The van der Waals surface area contributed by atoms with Crippen LogP contribution in [0.3, 0.4) is 0 Å². The van der Waals surface area contributed by atoms with Crippen LogP contribution in [-0.2, 0) is 0 Å². The van der Waals surface area contributed by atoms with E-state index in [1.807, 2.05) is 0 Å². The number of hydrogen-bond donors (Lipinski definition) is 1. The first-order valence-electron chi connectivity index (χ1n) is 5.17. The Hall–Kier alpha value is -1.29. The molecular weight excluding hydrogens is 408 g/mol. The van der Waals surface area contributed by atoms with E-state index in [0.717, 1.165) is 0 Å². The third-order valence-corrected chi connectivity index (χ3v) is 3.79. The maximum atomic E-state index is 13.7. The molecule has 0 saturated carbocycles. The van der Waals surface area contributed by atoms with Gasteiger partial charge in [-0.05, 0) is 15.9 Å². The van der Waals surface area contributed by atoms with Crippen molar-refractivity contribution in [1.82, 2.24) is 0 Å². The van der Waals surface area contributed by atoms with Crippen LogP contribution in [0.15, 0.2) is 9.37 Å². The van der Waals surface area contributed by atoms with E-state index in [9.17, 15) is 35.1 Å². The molecule has 0 saturated heterocycles. The maximum absolute atomic E-state index is 13.7. The lowest BCUT2D eigenvalue weighted by Gasteiger charge is -2.13. The molecule has 0 nitrogen and oxygen atoms in total. The lowest BCUT2D eigenvalue weighted by Crippen LogP contribution is -2.07. The minimum absolute atomic E-state index is 1.28. The van der Waals surface area contributed by atoms with E-state index in [1.165, 1.54) is 0 Å². The average Bonchev–Trinajstić information content (AvgIpc) is 2.50. The van der Waals surface area contributed by atoms with Gasteiger partial charge in [0.1, 0.15) is 0 Å². The summed E-state index contributed by atoms with van der Waals surface area (Å²) in [5, 5.41) is 0. The molecule has 0 atom stereocenters. The van der Waals surface area contributed by atoms with Gasteiger partial charge in [0.2, 0.25) is 0 Å². The van der Waals surface area contributed by atoms with Gasteiger partial charge in [-0.3, -0.25) is 0 Å². The van der Waals surface area contributed by atoms with E-state index in [0.29, 0.717) is 0 Å². The van der Waals surface area contributed by atoms with E-state index in [4.69, 9.17) is 0 Å². The third kappa shape index (κ3) is 2.28. The van der Waals surface area contributed by atoms with Crippen molar-refractivity contribution in [3.8, 4) is 11.1 Å². The van der Waals surface area contributed by atoms with Crippen LogP contribution in [0.25, 0.3) is 11.1 Å². The lowest BCUT2D eigenvalue weighted by molar-refractivity contribution is 0.422. The van der Waals surface area contributed by atoms with Crippen molar-refractivity contribution in [2.75, 3.05) is 0 Å². The van der Waals surface area contributed by atoms with Gasteiger partial charge in [-0.25, -0.2) is 35.1 Å². The fourth-order valence-corrected chi connectivity index (χ4v) is 2.21. The highest BCUT2D eigenvalue weighted by molar-refractivity contribution is 9.10. The van der Waals surface area contributed by atoms with Crippen molar-refractivity contribution >= 4 is 28.6 Å². The lowest BCUT2D eigenvalue weighted by atomic mass is 10.0. The molecule has 0 amide bonds. The van der Waals surface area contributed by atoms with Gasteiger partial charge in [0.05, 0.1) is 20.5 Å². The van der Waals surface area contributed by atoms with Crippen molar-refractivity contribution < 1.29 is 35.1 Å². The molecule has 0 aliphatic rings. The summed E-state index contributed by atoms with van der Waals surface area (Å²) in [6, 6.07) is 0. The highest BCUT2D eigenvalue weighted by Crippen LogP contribution is 2.39. The smallest absolute Gasteiger partial charge is 0.176 e. The Morgan fingerprint density at radius 3 is 1.09 bits per heavy atom. The first kappa shape index (κ1) is 17.1. The first-order chi connectivity index (χ1) is 10.1. The predicted molar refractivity (Wildman–Crippen MR) is 66.5 cm³/mol. The van der Waals surface area contributed by atoms with Crippen molar-refractivity contribution in [3.63, 3.8) is 0 Å². The third-order valence-electron chi connectivity index (χ3n) is 2.70. The molecule has 0 bridgehead atoms. The summed E-state index contributed by atoms with van der Waals surface area (Å²) in [4.78, 5) is -1.39. The zero-order valence-electron chi connectivity index (χ0n) is 9.85. The second-order valence-corrected chi connectivity index (χ2v) is 5.16. The fraction of sp³-hybridized carbons (Fsp3) is 0. The van der Waals surface area contributed by atoms with Crippen molar-refractivity contribution in [1.29, 1.82) is 0 Å². The Kier molecular flexibility index (Phi) is 4.44. The normalized spacial score (nSPS) is 11.2. The van der Waals surface area contributed by atoms with Gasteiger partial charge >= 0.3 is 0 Å². The molecule has 118 valence electrons. The van der Waals surface area contributed by atoms with Crippen LogP contribution in [0.4, 0.5) is 35.1 Å². The molecular formula is C12HBrF8S. The van der Waals surface area contributed by atoms with Gasteiger partial charge in [-0.2, -0.15) is 0 Å². The zero-order chi connectivity index (χ0) is 16.9. The van der Waals surface area contributed by atoms with Gasteiger partial charge in [-0.15, -0.1) is 12.6 Å². The van der Waals surface area contributed by atoms with Crippen LogP contribution in [0.2, 0.25) is 0 Å². The first-order valence-corrected chi connectivity index (χ1v) is 6.41. The van der Waals surface area contributed by atoms with E-state index in [-0.39, 0.29) is 0 Å². The summed E-state index contributed by atoms with van der Waals surface area (Å²) in [5.41, 5.74) is -3.84. The van der Waals surface area contributed by atoms with Crippen LogP contribution >= 0.6 is 28.6 Å². The SMILES string of the molecule is Fc1c(F)c(-c2c(F)c(F)c(Br)c(F)c2F)c(F)c(F)c1S. The molecule has 0 heterocycles. The number of benzene rings is 2. The van der Waals surface area contributed by atoms with Crippen LogP contribution in [-0.4, -0.2) is 0 Å². The highest BCUT2D eigenvalue weighted by Gasteiger charge is 2.32. The Bertz CT molecular complexity index is 679. The van der Waals surface area contributed by atoms with Gasteiger partial charge in [0, 0.05) is 0 Å². The Morgan fingerprint density at radius 2 is 0.773 bits per heavy atom. The van der Waals surface area contributed by atoms with Crippen molar-refractivity contribution in [3.05, 3.63) is 51.0 Å². The molecule has 0 unspecified atom stereocenters. The molecule has 2 aromatic carbocycles. The predicted octanol–water partition coefficient (Wildman–Crippen LogP) is 5.52. The summed E-state index contributed by atoms with van der Waals surface area (Å²) in [5.74, 6) is -17.1. The number of thiol groups is 1. The highest BCUT2D eigenvalue weighted by atomic mass is 79.9. The number of hydrogen-bond acceptors (Lipinski definition) is 1. The van der Waals surface area contributed by atoms with Crippen LogP contribution in [0, 0.1) is 46.5 Å². The van der Waals surface area contributed by atoms with Crippen LogP contribution in [0.5, 0.6) is 0 Å². The Labute approximate surface area is 131 Å². The van der Waals surface area contributed by atoms with Gasteiger partial charge < -0.3 is 0 Å². The Morgan fingerprint density at radius 1 is 0.500 bits per heavy atom. The summed E-state index contributed by atoms with van der Waals surface area (Å²) < 4.78 is 107. The van der Waals surface area contributed by atoms with E-state index >= 15 is 0 Å². The summed E-state index contributed by atoms with van der Waals surface area (Å²) in [7, 11) is 0. The van der Waals surface area contributed by atoms with Crippen LogP contribution < -0.4 is 0 Å². The molecule has 0 radical (unpaired) electrons.